The minimum absolute atomic E-state index is 0.103. The van der Waals surface area contributed by atoms with Crippen LogP contribution < -0.4 is 5.73 Å². The van der Waals surface area contributed by atoms with Crippen LogP contribution in [-0.4, -0.2) is 20.9 Å². The first kappa shape index (κ1) is 8.77. The number of nitrogens with zero attached hydrogens (tertiary/aromatic N) is 2. The van der Waals surface area contributed by atoms with Gasteiger partial charge in [0.2, 0.25) is 0 Å². The zero-order valence-corrected chi connectivity index (χ0v) is 8.01. The normalized spacial score (nSPS) is 19.5. The Morgan fingerprint density at radius 1 is 1.69 bits per heavy atom. The van der Waals surface area contributed by atoms with Gasteiger partial charge in [0, 0.05) is 5.38 Å². The molecular formula is C8H11N3OS. The van der Waals surface area contributed by atoms with Gasteiger partial charge in [0.15, 0.2) is 5.78 Å². The minimum atomic E-state index is -0.552. The van der Waals surface area contributed by atoms with Crippen LogP contribution in [0.5, 0.6) is 0 Å². The van der Waals surface area contributed by atoms with Crippen molar-refractivity contribution < 1.29 is 4.79 Å². The maximum absolute atomic E-state index is 11.6. The average molecular weight is 197 g/mol. The molecule has 4 nitrogen and oxygen atoms in total. The second-order valence-electron chi connectivity index (χ2n) is 3.51. The standard InChI is InChI=1S/C8H11N3OS/c9-8(2-1-3-8)7(12)4-6-5-13-11-10-6/h5H,1-4,9H2. The van der Waals surface area contributed by atoms with E-state index in [1.165, 1.54) is 11.5 Å². The Morgan fingerprint density at radius 3 is 2.92 bits per heavy atom. The lowest BCUT2D eigenvalue weighted by Crippen LogP contribution is -2.54. The molecule has 0 spiro atoms. The van der Waals surface area contributed by atoms with Crippen molar-refractivity contribution in [2.75, 3.05) is 0 Å². The number of carbonyl (C=O) groups excluding carboxylic acids is 1. The first-order chi connectivity index (χ1) is 6.21. The molecule has 0 aromatic carbocycles. The third kappa shape index (κ3) is 1.62. The smallest absolute Gasteiger partial charge is 0.158 e. The molecule has 0 amide bonds. The van der Waals surface area contributed by atoms with E-state index in [0.717, 1.165) is 25.0 Å². The number of hydrogen-bond donors (Lipinski definition) is 1. The summed E-state index contributed by atoms with van der Waals surface area (Å²) >= 11 is 1.26. The lowest BCUT2D eigenvalue weighted by molar-refractivity contribution is -0.126. The highest BCUT2D eigenvalue weighted by Crippen LogP contribution is 2.30. The molecule has 0 saturated heterocycles. The van der Waals surface area contributed by atoms with E-state index in [0.29, 0.717) is 6.42 Å². The Bertz CT molecular complexity index is 305. The van der Waals surface area contributed by atoms with Gasteiger partial charge >= 0.3 is 0 Å². The molecule has 5 heteroatoms. The van der Waals surface area contributed by atoms with Crippen molar-refractivity contribution in [2.24, 2.45) is 5.73 Å². The number of ketones is 1. The van der Waals surface area contributed by atoms with Gasteiger partial charge in [0.1, 0.15) is 0 Å². The fourth-order valence-corrected chi connectivity index (χ4v) is 1.89. The van der Waals surface area contributed by atoms with Crippen LogP contribution in [0.15, 0.2) is 5.38 Å². The van der Waals surface area contributed by atoms with Gasteiger partial charge < -0.3 is 5.73 Å². The summed E-state index contributed by atoms with van der Waals surface area (Å²) in [6.45, 7) is 0. The second kappa shape index (κ2) is 3.16. The zero-order chi connectivity index (χ0) is 9.31. The van der Waals surface area contributed by atoms with E-state index < -0.39 is 5.54 Å². The van der Waals surface area contributed by atoms with Gasteiger partial charge in [-0.3, -0.25) is 4.79 Å². The van der Waals surface area contributed by atoms with E-state index in [2.05, 4.69) is 9.59 Å². The summed E-state index contributed by atoms with van der Waals surface area (Å²) in [5, 5.41) is 5.61. The monoisotopic (exact) mass is 197 g/mol. The van der Waals surface area contributed by atoms with Gasteiger partial charge in [0.25, 0.3) is 0 Å². The zero-order valence-electron chi connectivity index (χ0n) is 7.19. The highest BCUT2D eigenvalue weighted by Gasteiger charge is 2.39. The number of rotatable bonds is 3. The molecule has 0 unspecified atom stereocenters. The predicted molar refractivity (Wildman–Crippen MR) is 49.4 cm³/mol. The summed E-state index contributed by atoms with van der Waals surface area (Å²) in [5.74, 6) is 0.103. The summed E-state index contributed by atoms with van der Waals surface area (Å²) in [6.07, 6.45) is 3.05. The quantitative estimate of drug-likeness (QED) is 0.767. The van der Waals surface area contributed by atoms with Crippen LogP contribution in [-0.2, 0) is 11.2 Å². The largest absolute Gasteiger partial charge is 0.319 e. The van der Waals surface area contributed by atoms with Crippen molar-refractivity contribution in [2.45, 2.75) is 31.2 Å². The number of nitrogens with two attached hydrogens (primary N) is 1. The van der Waals surface area contributed by atoms with Crippen LogP contribution in [0, 0.1) is 0 Å². The van der Waals surface area contributed by atoms with Gasteiger partial charge in [-0.1, -0.05) is 4.49 Å². The Labute approximate surface area is 80.3 Å². The first-order valence-corrected chi connectivity index (χ1v) is 5.12. The van der Waals surface area contributed by atoms with Crippen molar-refractivity contribution in [3.63, 3.8) is 0 Å². The van der Waals surface area contributed by atoms with Crippen molar-refractivity contribution in [3.05, 3.63) is 11.1 Å². The van der Waals surface area contributed by atoms with Gasteiger partial charge in [-0.2, -0.15) is 0 Å². The summed E-state index contributed by atoms with van der Waals surface area (Å²) in [4.78, 5) is 11.6. The van der Waals surface area contributed by atoms with E-state index in [9.17, 15) is 4.79 Å². The average Bonchev–Trinajstić information content (AvgIpc) is 2.52. The van der Waals surface area contributed by atoms with E-state index in [1.54, 1.807) is 5.38 Å². The molecule has 70 valence electrons. The molecule has 0 aliphatic heterocycles. The molecular weight excluding hydrogens is 186 g/mol. The SMILES string of the molecule is NC1(C(=O)Cc2csnn2)CCC1. The van der Waals surface area contributed by atoms with E-state index >= 15 is 0 Å². The Kier molecular flexibility index (Phi) is 2.13. The number of Topliss-reactive ketones (excluding diaryl/α,β-unsaturated/α-hetero) is 1. The molecule has 2 N–H and O–H groups in total. The van der Waals surface area contributed by atoms with Crippen LogP contribution in [0.1, 0.15) is 25.0 Å². The van der Waals surface area contributed by atoms with Crippen LogP contribution >= 0.6 is 11.5 Å². The van der Waals surface area contributed by atoms with Crippen molar-refractivity contribution >= 4 is 17.3 Å². The summed E-state index contributed by atoms with van der Waals surface area (Å²) in [6, 6.07) is 0. The molecule has 1 heterocycles. The fraction of sp³-hybridized carbons (Fsp3) is 0.625. The van der Waals surface area contributed by atoms with Gasteiger partial charge in [-0.05, 0) is 30.8 Å². The molecule has 0 bridgehead atoms. The van der Waals surface area contributed by atoms with E-state index in [-0.39, 0.29) is 5.78 Å². The Hall–Kier alpha value is -0.810. The maximum Gasteiger partial charge on any atom is 0.158 e. The Morgan fingerprint density at radius 2 is 2.46 bits per heavy atom. The third-order valence-electron chi connectivity index (χ3n) is 2.55. The van der Waals surface area contributed by atoms with E-state index in [1.807, 2.05) is 0 Å². The van der Waals surface area contributed by atoms with Crippen LogP contribution in [0.2, 0.25) is 0 Å². The minimum Gasteiger partial charge on any atom is -0.319 e. The molecule has 0 atom stereocenters. The van der Waals surface area contributed by atoms with Crippen molar-refractivity contribution in [1.82, 2.24) is 9.59 Å². The van der Waals surface area contributed by atoms with Crippen LogP contribution in [0.4, 0.5) is 0 Å². The topological polar surface area (TPSA) is 68.9 Å². The summed E-state index contributed by atoms with van der Waals surface area (Å²) in [5.41, 5.74) is 6.06. The maximum atomic E-state index is 11.6. The number of carbonyl (C=O) groups is 1. The Balaban J connectivity index is 1.99. The molecule has 1 aliphatic rings. The van der Waals surface area contributed by atoms with Gasteiger partial charge in [0.05, 0.1) is 17.7 Å². The molecule has 1 aliphatic carbocycles. The molecule has 1 fully saturated rings. The lowest BCUT2D eigenvalue weighted by Gasteiger charge is -2.36. The molecule has 2 rings (SSSR count). The fourth-order valence-electron chi connectivity index (χ4n) is 1.44. The summed E-state index contributed by atoms with van der Waals surface area (Å²) in [7, 11) is 0. The molecule has 1 aromatic rings. The van der Waals surface area contributed by atoms with Crippen LogP contribution in [0.25, 0.3) is 0 Å². The molecule has 1 aromatic heterocycles. The van der Waals surface area contributed by atoms with Gasteiger partial charge in [-0.25, -0.2) is 0 Å². The first-order valence-electron chi connectivity index (χ1n) is 4.29. The predicted octanol–water partition coefficient (Wildman–Crippen LogP) is 0.531. The van der Waals surface area contributed by atoms with Crippen molar-refractivity contribution in [1.29, 1.82) is 0 Å². The van der Waals surface area contributed by atoms with E-state index in [4.69, 9.17) is 5.73 Å². The van der Waals surface area contributed by atoms with Gasteiger partial charge in [-0.15, -0.1) is 5.10 Å². The third-order valence-corrected chi connectivity index (χ3v) is 3.10. The number of aromatic nitrogens is 2. The molecule has 0 radical (unpaired) electrons. The molecule has 1 saturated carbocycles. The molecule has 13 heavy (non-hydrogen) atoms. The highest BCUT2D eigenvalue weighted by molar-refractivity contribution is 7.03. The second-order valence-corrected chi connectivity index (χ2v) is 4.12. The summed E-state index contributed by atoms with van der Waals surface area (Å²) < 4.78 is 3.70. The lowest BCUT2D eigenvalue weighted by atomic mass is 9.73. The highest BCUT2D eigenvalue weighted by atomic mass is 32.1. The number of hydrogen-bond acceptors (Lipinski definition) is 5. The van der Waals surface area contributed by atoms with Crippen LogP contribution in [0.3, 0.4) is 0 Å². The van der Waals surface area contributed by atoms with Crippen molar-refractivity contribution in [3.8, 4) is 0 Å².